The standard InChI is InChI=1S/C36H44/c1-9-22-30(7)34(12-4)35(13-5)36(23-10-2)31(8)33(28-29(6)11-3)27-21-16-14-15-18-24-32-25-19-17-20-26-32/h9-10,12-23,25-28,31H,4-6,11,24H2,1-3,7-8H3/b16-14+,18-15+,22-9-,23-10-,27-21-,33-28+,34-30+,36-35-. The molecule has 0 N–H and O–H groups in total. The van der Waals surface area contributed by atoms with Crippen LogP contribution in [0.3, 0.4) is 0 Å². The summed E-state index contributed by atoms with van der Waals surface area (Å²) in [5, 5.41) is 0. The van der Waals surface area contributed by atoms with Crippen molar-refractivity contribution in [2.45, 2.75) is 47.5 Å². The van der Waals surface area contributed by atoms with Gasteiger partial charge in [-0.15, -0.1) is 0 Å². The van der Waals surface area contributed by atoms with Gasteiger partial charge in [-0.05, 0) is 67.0 Å². The van der Waals surface area contributed by atoms with E-state index in [2.05, 4.69) is 139 Å². The van der Waals surface area contributed by atoms with E-state index in [4.69, 9.17) is 0 Å². The van der Waals surface area contributed by atoms with Crippen molar-refractivity contribution in [3.8, 4) is 0 Å². The Morgan fingerprint density at radius 2 is 1.50 bits per heavy atom. The Morgan fingerprint density at radius 1 is 0.861 bits per heavy atom. The van der Waals surface area contributed by atoms with Crippen LogP contribution in [0, 0.1) is 5.92 Å². The van der Waals surface area contributed by atoms with Gasteiger partial charge in [-0.1, -0.05) is 148 Å². The van der Waals surface area contributed by atoms with Crippen LogP contribution >= 0.6 is 0 Å². The zero-order valence-electron chi connectivity index (χ0n) is 23.0. The molecule has 0 aromatic heterocycles. The van der Waals surface area contributed by atoms with Crippen LogP contribution in [-0.4, -0.2) is 0 Å². The monoisotopic (exact) mass is 476 g/mol. The Balaban J connectivity index is 3.34. The molecule has 1 unspecified atom stereocenters. The van der Waals surface area contributed by atoms with Crippen LogP contribution in [0.15, 0.2) is 162 Å². The average molecular weight is 477 g/mol. The van der Waals surface area contributed by atoms with Gasteiger partial charge in [-0.3, -0.25) is 0 Å². The van der Waals surface area contributed by atoms with Gasteiger partial charge in [0, 0.05) is 5.92 Å². The quantitative estimate of drug-likeness (QED) is 0.234. The third-order valence-corrected chi connectivity index (χ3v) is 5.94. The fraction of sp³-hybridized carbons (Fsp3) is 0.222. The first-order valence-corrected chi connectivity index (χ1v) is 12.8. The predicted molar refractivity (Wildman–Crippen MR) is 164 cm³/mol. The lowest BCUT2D eigenvalue weighted by molar-refractivity contribution is 0.837. The molecule has 36 heavy (non-hydrogen) atoms. The number of hydrogen-bond donors (Lipinski definition) is 0. The zero-order chi connectivity index (χ0) is 26.8. The summed E-state index contributed by atoms with van der Waals surface area (Å²) in [5.74, 6) is 0.143. The van der Waals surface area contributed by atoms with E-state index in [1.54, 1.807) is 0 Å². The molecule has 0 radical (unpaired) electrons. The second kappa shape index (κ2) is 17.7. The minimum absolute atomic E-state index is 0.143. The van der Waals surface area contributed by atoms with Crippen LogP contribution in [0.1, 0.15) is 46.6 Å². The highest BCUT2D eigenvalue weighted by Gasteiger charge is 2.16. The van der Waals surface area contributed by atoms with Gasteiger partial charge in [-0.2, -0.15) is 0 Å². The van der Waals surface area contributed by atoms with Crippen molar-refractivity contribution in [1.82, 2.24) is 0 Å². The minimum Gasteiger partial charge on any atom is -0.0984 e. The lowest BCUT2D eigenvalue weighted by Gasteiger charge is -2.20. The van der Waals surface area contributed by atoms with Gasteiger partial charge in [-0.25, -0.2) is 0 Å². The molecule has 0 heterocycles. The van der Waals surface area contributed by atoms with Crippen molar-refractivity contribution in [1.29, 1.82) is 0 Å². The normalized spacial score (nSPS) is 15.2. The topological polar surface area (TPSA) is 0 Å². The molecule has 0 saturated heterocycles. The SMILES string of the molecule is C=CC(=C(\C=C/C)C(C)C(/C=C\C=C\C=C\Cc1ccccc1)=C/C(=C)CC)/C(C=C)=C(C)/C=C\C. The molecule has 0 bridgehead atoms. The number of hydrogen-bond acceptors (Lipinski definition) is 0. The first-order chi connectivity index (χ1) is 17.4. The first kappa shape index (κ1) is 30.4. The molecule has 0 heteroatoms. The van der Waals surface area contributed by atoms with Gasteiger partial charge < -0.3 is 0 Å². The van der Waals surface area contributed by atoms with Gasteiger partial charge in [0.15, 0.2) is 0 Å². The van der Waals surface area contributed by atoms with Crippen LogP contribution in [-0.2, 0) is 6.42 Å². The zero-order valence-corrected chi connectivity index (χ0v) is 23.0. The van der Waals surface area contributed by atoms with Crippen molar-refractivity contribution in [3.63, 3.8) is 0 Å². The Kier molecular flexibility index (Phi) is 15.0. The van der Waals surface area contributed by atoms with Crippen LogP contribution in [0.25, 0.3) is 0 Å². The van der Waals surface area contributed by atoms with Crippen molar-refractivity contribution in [3.05, 3.63) is 168 Å². The first-order valence-electron chi connectivity index (χ1n) is 12.8. The smallest absolute Gasteiger partial charge is 0.00671 e. The maximum Gasteiger partial charge on any atom is 0.00671 e. The van der Waals surface area contributed by atoms with E-state index in [-0.39, 0.29) is 5.92 Å². The van der Waals surface area contributed by atoms with Crippen molar-refractivity contribution in [2.24, 2.45) is 5.92 Å². The maximum atomic E-state index is 4.24. The highest BCUT2D eigenvalue weighted by atomic mass is 14.2. The van der Waals surface area contributed by atoms with E-state index < -0.39 is 0 Å². The second-order valence-electron chi connectivity index (χ2n) is 8.61. The Labute approximate surface area is 221 Å². The summed E-state index contributed by atoms with van der Waals surface area (Å²) in [5.41, 5.74) is 8.21. The molecule has 1 aromatic carbocycles. The van der Waals surface area contributed by atoms with Gasteiger partial charge in [0.05, 0.1) is 0 Å². The van der Waals surface area contributed by atoms with Crippen LogP contribution < -0.4 is 0 Å². The van der Waals surface area contributed by atoms with E-state index in [0.717, 1.165) is 29.6 Å². The van der Waals surface area contributed by atoms with Crippen molar-refractivity contribution in [2.75, 3.05) is 0 Å². The Morgan fingerprint density at radius 3 is 2.08 bits per heavy atom. The van der Waals surface area contributed by atoms with Gasteiger partial charge in [0.2, 0.25) is 0 Å². The number of rotatable bonds is 14. The summed E-state index contributed by atoms with van der Waals surface area (Å²) < 4.78 is 0. The van der Waals surface area contributed by atoms with Crippen molar-refractivity contribution >= 4 is 0 Å². The highest BCUT2D eigenvalue weighted by molar-refractivity contribution is 5.57. The molecule has 1 aromatic rings. The summed E-state index contributed by atoms with van der Waals surface area (Å²) in [6.45, 7) is 23.1. The minimum atomic E-state index is 0.143. The summed E-state index contributed by atoms with van der Waals surface area (Å²) in [4.78, 5) is 0. The van der Waals surface area contributed by atoms with Gasteiger partial charge in [0.1, 0.15) is 0 Å². The lowest BCUT2D eigenvalue weighted by Crippen LogP contribution is -2.05. The van der Waals surface area contributed by atoms with E-state index in [0.29, 0.717) is 0 Å². The Bertz CT molecular complexity index is 1100. The Hall–Kier alpha value is -3.64. The summed E-state index contributed by atoms with van der Waals surface area (Å²) in [6.07, 6.45) is 29.1. The van der Waals surface area contributed by atoms with Gasteiger partial charge in [0.25, 0.3) is 0 Å². The molecule has 0 saturated carbocycles. The molecule has 0 aliphatic carbocycles. The fourth-order valence-electron chi connectivity index (χ4n) is 3.88. The molecular weight excluding hydrogens is 432 g/mol. The van der Waals surface area contributed by atoms with E-state index >= 15 is 0 Å². The molecule has 1 atom stereocenters. The second-order valence-corrected chi connectivity index (χ2v) is 8.61. The molecule has 0 amide bonds. The van der Waals surface area contributed by atoms with Crippen molar-refractivity contribution < 1.29 is 0 Å². The maximum absolute atomic E-state index is 4.24. The number of allylic oxidation sites excluding steroid dienone is 19. The van der Waals surface area contributed by atoms with E-state index in [1.807, 2.05) is 25.1 Å². The predicted octanol–water partition coefficient (Wildman–Crippen LogP) is 10.6. The molecule has 0 spiro atoms. The molecule has 0 aliphatic heterocycles. The largest absolute Gasteiger partial charge is 0.0984 e. The molecule has 0 aliphatic rings. The lowest BCUT2D eigenvalue weighted by atomic mass is 9.84. The highest BCUT2D eigenvalue weighted by Crippen LogP contribution is 2.32. The van der Waals surface area contributed by atoms with Gasteiger partial charge >= 0.3 is 0 Å². The third-order valence-electron chi connectivity index (χ3n) is 5.94. The molecule has 1 rings (SSSR count). The summed E-state index contributed by atoms with van der Waals surface area (Å²) >= 11 is 0. The average Bonchev–Trinajstić information content (AvgIpc) is 2.89. The molecule has 0 nitrogen and oxygen atoms in total. The van der Waals surface area contributed by atoms with Crippen LogP contribution in [0.4, 0.5) is 0 Å². The van der Waals surface area contributed by atoms with E-state index in [9.17, 15) is 0 Å². The molecule has 0 fully saturated rings. The number of benzene rings is 1. The molecular formula is C36H44. The van der Waals surface area contributed by atoms with E-state index in [1.165, 1.54) is 22.3 Å². The summed E-state index contributed by atoms with van der Waals surface area (Å²) in [6, 6.07) is 10.5. The fourth-order valence-corrected chi connectivity index (χ4v) is 3.88. The van der Waals surface area contributed by atoms with Crippen LogP contribution in [0.2, 0.25) is 0 Å². The molecule has 188 valence electrons. The van der Waals surface area contributed by atoms with Crippen LogP contribution in [0.5, 0.6) is 0 Å². The summed E-state index contributed by atoms with van der Waals surface area (Å²) in [7, 11) is 0. The third kappa shape index (κ3) is 10.3.